The Hall–Kier alpha value is -1.70. The molecule has 6 nitrogen and oxygen atoms in total. The molecule has 0 amide bonds. The Kier molecular flexibility index (Phi) is 5.33. The fraction of sp³-hybridized carbons (Fsp3) is 0.588. The van der Waals surface area contributed by atoms with Gasteiger partial charge in [-0.3, -0.25) is 14.6 Å². The van der Waals surface area contributed by atoms with Crippen LogP contribution in [0.3, 0.4) is 0 Å². The highest BCUT2D eigenvalue weighted by atomic mass is 19.1. The zero-order chi connectivity index (χ0) is 17.1. The fourth-order valence-corrected chi connectivity index (χ4v) is 3.56. The Morgan fingerprint density at radius 1 is 1.38 bits per heavy atom. The Morgan fingerprint density at radius 3 is 2.96 bits per heavy atom. The van der Waals surface area contributed by atoms with E-state index in [1.807, 2.05) is 4.90 Å². The number of hydrogen-bond acceptors (Lipinski definition) is 5. The number of methoxy groups -OCH3 is 1. The zero-order valence-corrected chi connectivity index (χ0v) is 13.8. The summed E-state index contributed by atoms with van der Waals surface area (Å²) in [4.78, 5) is 15.2. The van der Waals surface area contributed by atoms with E-state index in [2.05, 4.69) is 4.90 Å². The van der Waals surface area contributed by atoms with E-state index in [1.54, 1.807) is 19.2 Å². The van der Waals surface area contributed by atoms with Crippen LogP contribution in [0.15, 0.2) is 18.2 Å². The van der Waals surface area contributed by atoms with Crippen LogP contribution in [-0.4, -0.2) is 73.4 Å². The fourth-order valence-electron chi connectivity index (χ4n) is 3.56. The van der Waals surface area contributed by atoms with Gasteiger partial charge in [0.1, 0.15) is 11.6 Å². The van der Waals surface area contributed by atoms with Gasteiger partial charge in [-0.25, -0.2) is 4.39 Å². The number of aliphatic carboxylic acids is 1. The SMILES string of the molecule is COc1ccc(F)c(CN2C[C@H]3COC[C@@H]2CN(CC(=O)O)C3)c1. The van der Waals surface area contributed by atoms with E-state index in [4.69, 9.17) is 14.6 Å². The Morgan fingerprint density at radius 2 is 2.21 bits per heavy atom. The molecule has 1 aromatic carbocycles. The van der Waals surface area contributed by atoms with Crippen molar-refractivity contribution in [3.8, 4) is 5.75 Å². The first kappa shape index (κ1) is 17.1. The largest absolute Gasteiger partial charge is 0.497 e. The summed E-state index contributed by atoms with van der Waals surface area (Å²) in [6.07, 6.45) is 0. The van der Waals surface area contributed by atoms with E-state index in [1.165, 1.54) is 6.07 Å². The molecule has 24 heavy (non-hydrogen) atoms. The van der Waals surface area contributed by atoms with E-state index in [9.17, 15) is 9.18 Å². The molecule has 2 atom stereocenters. The number of carbonyl (C=O) groups is 1. The highest BCUT2D eigenvalue weighted by Gasteiger charge is 2.34. The summed E-state index contributed by atoms with van der Waals surface area (Å²) < 4.78 is 25.1. The molecule has 2 aliphatic rings. The van der Waals surface area contributed by atoms with Crippen LogP contribution >= 0.6 is 0 Å². The van der Waals surface area contributed by atoms with E-state index in [-0.39, 0.29) is 24.3 Å². The van der Waals surface area contributed by atoms with Gasteiger partial charge in [-0.1, -0.05) is 0 Å². The second-order valence-corrected chi connectivity index (χ2v) is 6.53. The van der Waals surface area contributed by atoms with Gasteiger partial charge in [-0.05, 0) is 18.2 Å². The van der Waals surface area contributed by atoms with Crippen molar-refractivity contribution in [3.05, 3.63) is 29.6 Å². The molecule has 132 valence electrons. The molecule has 0 spiro atoms. The van der Waals surface area contributed by atoms with Crippen LogP contribution < -0.4 is 4.74 Å². The highest BCUT2D eigenvalue weighted by molar-refractivity contribution is 5.69. The van der Waals surface area contributed by atoms with Crippen molar-refractivity contribution in [1.29, 1.82) is 0 Å². The molecular formula is C17H23FN2O4. The lowest BCUT2D eigenvalue weighted by Gasteiger charge is -2.30. The molecule has 2 fully saturated rings. The first-order valence-corrected chi connectivity index (χ1v) is 8.13. The monoisotopic (exact) mass is 338 g/mol. The molecule has 0 aliphatic carbocycles. The summed E-state index contributed by atoms with van der Waals surface area (Å²) >= 11 is 0. The summed E-state index contributed by atoms with van der Waals surface area (Å²) in [6.45, 7) is 3.75. The molecule has 7 heteroatoms. The van der Waals surface area contributed by atoms with Crippen LogP contribution in [0.4, 0.5) is 4.39 Å². The van der Waals surface area contributed by atoms with Crippen molar-refractivity contribution in [2.75, 3.05) is 46.5 Å². The van der Waals surface area contributed by atoms with Crippen molar-refractivity contribution < 1.29 is 23.8 Å². The second-order valence-electron chi connectivity index (χ2n) is 6.53. The van der Waals surface area contributed by atoms with E-state index in [0.29, 0.717) is 44.2 Å². The minimum Gasteiger partial charge on any atom is -0.497 e. The van der Waals surface area contributed by atoms with Crippen LogP contribution in [0.25, 0.3) is 0 Å². The number of fused-ring (bicyclic) bond motifs is 3. The number of ether oxygens (including phenoxy) is 2. The van der Waals surface area contributed by atoms with Crippen LogP contribution in [0.1, 0.15) is 5.56 Å². The van der Waals surface area contributed by atoms with Gasteiger partial charge in [0.2, 0.25) is 0 Å². The molecule has 3 rings (SSSR count). The maximum Gasteiger partial charge on any atom is 0.317 e. The minimum atomic E-state index is -0.818. The molecule has 2 heterocycles. The molecule has 0 aromatic heterocycles. The lowest BCUT2D eigenvalue weighted by atomic mass is 10.1. The third kappa shape index (κ3) is 4.03. The lowest BCUT2D eigenvalue weighted by molar-refractivity contribution is -0.138. The quantitative estimate of drug-likeness (QED) is 0.866. The van der Waals surface area contributed by atoms with Crippen molar-refractivity contribution in [3.63, 3.8) is 0 Å². The van der Waals surface area contributed by atoms with Gasteiger partial charge in [0.05, 0.1) is 26.9 Å². The summed E-state index contributed by atoms with van der Waals surface area (Å²) in [5.74, 6) is -0.211. The Balaban J connectivity index is 1.77. The van der Waals surface area contributed by atoms with Crippen molar-refractivity contribution in [2.24, 2.45) is 5.92 Å². The molecule has 1 N–H and O–H groups in total. The van der Waals surface area contributed by atoms with Gasteiger partial charge in [0.25, 0.3) is 0 Å². The number of carboxylic acid groups (broad SMARTS) is 1. The van der Waals surface area contributed by atoms with Crippen molar-refractivity contribution >= 4 is 5.97 Å². The van der Waals surface area contributed by atoms with Crippen LogP contribution in [0.5, 0.6) is 5.75 Å². The molecule has 2 saturated heterocycles. The molecule has 0 unspecified atom stereocenters. The molecule has 1 aromatic rings. The number of hydrogen-bond donors (Lipinski definition) is 1. The molecule has 0 saturated carbocycles. The number of rotatable bonds is 5. The first-order chi connectivity index (χ1) is 11.5. The van der Waals surface area contributed by atoms with E-state index < -0.39 is 5.97 Å². The van der Waals surface area contributed by atoms with Crippen LogP contribution in [-0.2, 0) is 16.1 Å². The number of nitrogens with zero attached hydrogens (tertiary/aromatic N) is 2. The van der Waals surface area contributed by atoms with E-state index >= 15 is 0 Å². The Labute approximate surface area is 140 Å². The maximum atomic E-state index is 14.2. The number of carboxylic acids is 1. The number of benzene rings is 1. The predicted molar refractivity (Wildman–Crippen MR) is 85.5 cm³/mol. The third-order valence-corrected chi connectivity index (χ3v) is 4.64. The molecule has 2 aliphatic heterocycles. The van der Waals surface area contributed by atoms with Gasteiger partial charge in [0, 0.05) is 43.7 Å². The van der Waals surface area contributed by atoms with E-state index in [0.717, 1.165) is 6.54 Å². The lowest BCUT2D eigenvalue weighted by Crippen LogP contribution is -2.45. The number of halogens is 1. The first-order valence-electron chi connectivity index (χ1n) is 8.13. The second kappa shape index (κ2) is 7.46. The summed E-state index contributed by atoms with van der Waals surface area (Å²) in [6, 6.07) is 4.81. The average molecular weight is 338 g/mol. The maximum absolute atomic E-state index is 14.2. The third-order valence-electron chi connectivity index (χ3n) is 4.64. The summed E-state index contributed by atoms with van der Waals surface area (Å²) in [5, 5.41) is 9.07. The average Bonchev–Trinajstić information content (AvgIpc) is 2.79. The van der Waals surface area contributed by atoms with Gasteiger partial charge in [0.15, 0.2) is 0 Å². The van der Waals surface area contributed by atoms with Gasteiger partial charge in [-0.2, -0.15) is 0 Å². The topological polar surface area (TPSA) is 62.2 Å². The molecular weight excluding hydrogens is 315 g/mol. The molecule has 2 bridgehead atoms. The van der Waals surface area contributed by atoms with Crippen molar-refractivity contribution in [2.45, 2.75) is 12.6 Å². The predicted octanol–water partition coefficient (Wildman–Crippen LogP) is 1.05. The summed E-state index contributed by atoms with van der Waals surface area (Å²) in [5.41, 5.74) is 0.590. The van der Waals surface area contributed by atoms with Gasteiger partial charge < -0.3 is 14.6 Å². The zero-order valence-electron chi connectivity index (χ0n) is 13.8. The highest BCUT2D eigenvalue weighted by Crippen LogP contribution is 2.24. The minimum absolute atomic E-state index is 0.0361. The normalized spacial score (nSPS) is 25.2. The standard InChI is InChI=1S/C17H23FN2O4/c1-23-15-2-3-16(18)13(4-15)7-20-6-12-5-19(9-17(21)22)8-14(20)11-24-10-12/h2-4,12,14H,5-11H2,1H3,(H,21,22)/t12-,14-/m0/s1. The summed E-state index contributed by atoms with van der Waals surface area (Å²) in [7, 11) is 1.56. The Bertz CT molecular complexity index is 598. The molecule has 0 radical (unpaired) electrons. The van der Waals surface area contributed by atoms with Crippen LogP contribution in [0, 0.1) is 11.7 Å². The van der Waals surface area contributed by atoms with Gasteiger partial charge in [-0.15, -0.1) is 0 Å². The smallest absolute Gasteiger partial charge is 0.317 e. The van der Waals surface area contributed by atoms with Crippen molar-refractivity contribution in [1.82, 2.24) is 9.80 Å². The van der Waals surface area contributed by atoms with Gasteiger partial charge >= 0.3 is 5.97 Å². The van der Waals surface area contributed by atoms with Crippen LogP contribution in [0.2, 0.25) is 0 Å².